The van der Waals surface area contributed by atoms with Gasteiger partial charge >= 0.3 is 5.97 Å². The molecule has 5 atom stereocenters. The van der Waals surface area contributed by atoms with Crippen LogP contribution in [0.25, 0.3) is 0 Å². The van der Waals surface area contributed by atoms with E-state index in [-0.39, 0.29) is 11.8 Å². The van der Waals surface area contributed by atoms with Crippen LogP contribution in [0.3, 0.4) is 0 Å². The van der Waals surface area contributed by atoms with Crippen LogP contribution in [0.5, 0.6) is 11.5 Å². The van der Waals surface area contributed by atoms with Crippen molar-refractivity contribution in [1.82, 2.24) is 0 Å². The third-order valence-corrected chi connectivity index (χ3v) is 5.47. The molecule has 0 saturated carbocycles. The van der Waals surface area contributed by atoms with Gasteiger partial charge in [-0.1, -0.05) is 13.8 Å². The average molecular weight is 382 g/mol. The number of rotatable bonds is 7. The summed E-state index contributed by atoms with van der Waals surface area (Å²) in [6.45, 7) is 6.01. The smallest absolute Gasteiger partial charge is 0.344 e. The number of benzene rings is 1. The molecule has 1 saturated heterocycles. The van der Waals surface area contributed by atoms with Gasteiger partial charge in [-0.25, -0.2) is 4.79 Å². The van der Waals surface area contributed by atoms with Crippen LogP contribution < -0.4 is 9.47 Å². The third kappa shape index (κ3) is 4.05. The number of hydrogen-bond acceptors (Lipinski definition) is 7. The van der Waals surface area contributed by atoms with Crippen LogP contribution in [0.2, 0.25) is 0 Å². The molecule has 27 heavy (non-hydrogen) atoms. The Morgan fingerprint density at radius 1 is 1.19 bits per heavy atom. The van der Waals surface area contributed by atoms with Crippen molar-refractivity contribution in [2.45, 2.75) is 45.4 Å². The first-order valence-corrected chi connectivity index (χ1v) is 9.02. The topological polar surface area (TPSA) is 72.5 Å². The van der Waals surface area contributed by atoms with Crippen LogP contribution in [0.15, 0.2) is 18.2 Å². The zero-order valence-electron chi connectivity index (χ0n) is 17.1. The summed E-state index contributed by atoms with van der Waals surface area (Å²) in [7, 11) is 6.23. The minimum absolute atomic E-state index is 0.0803. The molecule has 0 amide bonds. The second kappa shape index (κ2) is 8.91. The van der Waals surface area contributed by atoms with E-state index in [1.807, 2.05) is 13.8 Å². The van der Waals surface area contributed by atoms with E-state index < -0.39 is 24.2 Å². The number of carbonyl (C=O) groups is 1. The van der Waals surface area contributed by atoms with Crippen molar-refractivity contribution < 1.29 is 33.2 Å². The second-order valence-corrected chi connectivity index (χ2v) is 6.81. The van der Waals surface area contributed by atoms with Crippen LogP contribution in [0.1, 0.15) is 37.6 Å². The molecule has 0 spiro atoms. The highest BCUT2D eigenvalue weighted by Gasteiger charge is 2.53. The molecule has 1 fully saturated rings. The van der Waals surface area contributed by atoms with E-state index in [4.69, 9.17) is 28.4 Å². The molecular formula is C20H30O7. The number of hydrogen-bond donors (Lipinski definition) is 0. The van der Waals surface area contributed by atoms with Crippen molar-refractivity contribution in [3.8, 4) is 11.5 Å². The van der Waals surface area contributed by atoms with Crippen LogP contribution in [-0.2, 0) is 18.9 Å². The summed E-state index contributed by atoms with van der Waals surface area (Å²) in [5.74, 6) is 0.431. The highest BCUT2D eigenvalue weighted by atomic mass is 16.8. The minimum Gasteiger partial charge on any atom is -0.497 e. The highest BCUT2D eigenvalue weighted by Crippen LogP contribution is 2.43. The number of carbonyl (C=O) groups excluding carboxylic acids is 1. The molecule has 0 N–H and O–H groups in total. The lowest BCUT2D eigenvalue weighted by atomic mass is 9.75. The molecule has 1 aromatic carbocycles. The van der Waals surface area contributed by atoms with Gasteiger partial charge in [0.05, 0.1) is 14.2 Å². The molecule has 1 heterocycles. The van der Waals surface area contributed by atoms with E-state index >= 15 is 0 Å². The summed E-state index contributed by atoms with van der Waals surface area (Å²) in [5.41, 5.74) is -0.333. The SMILES string of the molecule is CC[C@H]1[C@@H](C)[C@H](OC(=O)c2ccc(OC)cc2OC)O[C@H](OC)[C@]1(C)OC. The largest absolute Gasteiger partial charge is 0.497 e. The van der Waals surface area contributed by atoms with Gasteiger partial charge in [0.1, 0.15) is 22.7 Å². The summed E-state index contributed by atoms with van der Waals surface area (Å²) in [5, 5.41) is 0. The van der Waals surface area contributed by atoms with Gasteiger partial charge in [-0.05, 0) is 25.5 Å². The van der Waals surface area contributed by atoms with E-state index in [9.17, 15) is 4.79 Å². The standard InChI is InChI=1S/C20H30O7/c1-8-15-12(2)18(27-19(24-6)20(15,3)25-7)26-17(21)14-10-9-13(22-4)11-16(14)23-5/h9-12,15,18-19H,8H2,1-7H3/t12-,15+,18-,19+,20-/m1/s1. The van der Waals surface area contributed by atoms with Gasteiger partial charge in [0, 0.05) is 32.1 Å². The molecule has 7 nitrogen and oxygen atoms in total. The lowest BCUT2D eigenvalue weighted by Crippen LogP contribution is -2.60. The van der Waals surface area contributed by atoms with Crippen LogP contribution in [0, 0.1) is 11.8 Å². The van der Waals surface area contributed by atoms with E-state index in [0.717, 1.165) is 6.42 Å². The molecule has 0 aliphatic carbocycles. The van der Waals surface area contributed by atoms with Crippen LogP contribution >= 0.6 is 0 Å². The van der Waals surface area contributed by atoms with E-state index in [1.165, 1.54) is 7.11 Å². The molecule has 7 heteroatoms. The van der Waals surface area contributed by atoms with Gasteiger partial charge in [-0.2, -0.15) is 0 Å². The van der Waals surface area contributed by atoms with Crippen molar-refractivity contribution in [2.24, 2.45) is 11.8 Å². The zero-order chi connectivity index (χ0) is 20.2. The first-order valence-electron chi connectivity index (χ1n) is 9.02. The molecular weight excluding hydrogens is 352 g/mol. The molecule has 0 bridgehead atoms. The quantitative estimate of drug-likeness (QED) is 0.670. The Labute approximate surface area is 160 Å². The summed E-state index contributed by atoms with van der Waals surface area (Å²) in [6, 6.07) is 4.92. The highest BCUT2D eigenvalue weighted by molar-refractivity contribution is 5.92. The third-order valence-electron chi connectivity index (χ3n) is 5.47. The van der Waals surface area contributed by atoms with Crippen molar-refractivity contribution in [2.75, 3.05) is 28.4 Å². The van der Waals surface area contributed by atoms with E-state index in [0.29, 0.717) is 17.1 Å². The lowest BCUT2D eigenvalue weighted by Gasteiger charge is -2.50. The van der Waals surface area contributed by atoms with Gasteiger partial charge in [-0.3, -0.25) is 0 Å². The van der Waals surface area contributed by atoms with Crippen molar-refractivity contribution in [3.05, 3.63) is 23.8 Å². The van der Waals surface area contributed by atoms with Gasteiger partial charge in [-0.15, -0.1) is 0 Å². The van der Waals surface area contributed by atoms with Crippen LogP contribution in [0.4, 0.5) is 0 Å². The molecule has 1 aromatic rings. The van der Waals surface area contributed by atoms with E-state index in [1.54, 1.807) is 39.5 Å². The maximum atomic E-state index is 12.8. The Kier molecular flexibility index (Phi) is 7.08. The first-order chi connectivity index (χ1) is 12.9. The molecule has 0 aromatic heterocycles. The maximum Gasteiger partial charge on any atom is 0.344 e. The lowest BCUT2D eigenvalue weighted by molar-refractivity contribution is -0.347. The summed E-state index contributed by atoms with van der Waals surface area (Å²) >= 11 is 0. The Hall–Kier alpha value is -1.83. The molecule has 0 unspecified atom stereocenters. The summed E-state index contributed by atoms with van der Waals surface area (Å²) < 4.78 is 33.3. The Balaban J connectivity index is 2.25. The molecule has 1 aliphatic rings. The van der Waals surface area contributed by atoms with Gasteiger partial charge in [0.25, 0.3) is 0 Å². The number of esters is 1. The summed E-state index contributed by atoms with van der Waals surface area (Å²) in [4.78, 5) is 12.8. The van der Waals surface area contributed by atoms with Gasteiger partial charge in [0.2, 0.25) is 6.29 Å². The van der Waals surface area contributed by atoms with Gasteiger partial charge < -0.3 is 28.4 Å². The molecule has 0 radical (unpaired) electrons. The second-order valence-electron chi connectivity index (χ2n) is 6.81. The van der Waals surface area contributed by atoms with E-state index in [2.05, 4.69) is 6.92 Å². The number of methoxy groups -OCH3 is 4. The monoisotopic (exact) mass is 382 g/mol. The molecule has 2 rings (SSSR count). The Morgan fingerprint density at radius 3 is 2.41 bits per heavy atom. The normalized spacial score (nSPS) is 30.6. The summed E-state index contributed by atoms with van der Waals surface area (Å²) in [6.07, 6.45) is -0.587. The number of ether oxygens (including phenoxy) is 6. The first kappa shape index (κ1) is 21.5. The fourth-order valence-electron chi connectivity index (χ4n) is 3.85. The van der Waals surface area contributed by atoms with Crippen molar-refractivity contribution in [3.63, 3.8) is 0 Å². The Bertz CT molecular complexity index is 647. The fraction of sp³-hybridized carbons (Fsp3) is 0.650. The van der Waals surface area contributed by atoms with Crippen molar-refractivity contribution in [1.29, 1.82) is 0 Å². The predicted molar refractivity (Wildman–Crippen MR) is 99.0 cm³/mol. The average Bonchev–Trinajstić information content (AvgIpc) is 2.69. The maximum absolute atomic E-state index is 12.8. The van der Waals surface area contributed by atoms with Gasteiger partial charge in [0.15, 0.2) is 6.29 Å². The Morgan fingerprint density at radius 2 is 1.89 bits per heavy atom. The predicted octanol–water partition coefficient (Wildman–Crippen LogP) is 3.26. The van der Waals surface area contributed by atoms with Crippen molar-refractivity contribution >= 4 is 5.97 Å². The minimum atomic E-state index is -0.762. The zero-order valence-corrected chi connectivity index (χ0v) is 17.1. The molecule has 1 aliphatic heterocycles. The van der Waals surface area contributed by atoms with Crippen LogP contribution in [-0.4, -0.2) is 52.6 Å². The fourth-order valence-corrected chi connectivity index (χ4v) is 3.85. The molecule has 152 valence electrons.